The lowest BCUT2D eigenvalue weighted by Gasteiger charge is -2.29. The Hall–Kier alpha value is -1.32. The second kappa shape index (κ2) is 5.84. The Balaban J connectivity index is 2.90. The summed E-state index contributed by atoms with van der Waals surface area (Å²) in [5.41, 5.74) is 0.0737. The molecule has 0 saturated carbocycles. The largest absolute Gasteiger partial charge is 0.478 e. The molecule has 96 valence electrons. The molecule has 4 nitrogen and oxygen atoms in total. The van der Waals surface area contributed by atoms with Crippen LogP contribution in [-0.4, -0.2) is 22.1 Å². The summed E-state index contributed by atoms with van der Waals surface area (Å²) in [5.74, 6) is 2.21. The molecule has 0 aliphatic rings. The van der Waals surface area contributed by atoms with Gasteiger partial charge in [-0.25, -0.2) is 4.98 Å². The van der Waals surface area contributed by atoms with E-state index in [0.717, 1.165) is 24.5 Å². The molecule has 0 unspecified atom stereocenters. The monoisotopic (exact) mass is 237 g/mol. The SMILES string of the molecule is CCOc1cc(NC(C)(CC)CC)nc(C)n1. The fraction of sp³-hybridized carbons (Fsp3) is 0.692. The van der Waals surface area contributed by atoms with Crippen molar-refractivity contribution in [1.29, 1.82) is 0 Å². The van der Waals surface area contributed by atoms with Gasteiger partial charge in [0.2, 0.25) is 5.88 Å². The minimum absolute atomic E-state index is 0.0737. The molecular weight excluding hydrogens is 214 g/mol. The van der Waals surface area contributed by atoms with E-state index in [2.05, 4.69) is 36.1 Å². The predicted molar refractivity (Wildman–Crippen MR) is 70.5 cm³/mol. The minimum atomic E-state index is 0.0737. The van der Waals surface area contributed by atoms with Crippen LogP contribution < -0.4 is 10.1 Å². The molecule has 0 aromatic carbocycles. The van der Waals surface area contributed by atoms with E-state index in [4.69, 9.17) is 4.74 Å². The van der Waals surface area contributed by atoms with Gasteiger partial charge in [-0.1, -0.05) is 13.8 Å². The topological polar surface area (TPSA) is 47.0 Å². The summed E-state index contributed by atoms with van der Waals surface area (Å²) in [5, 5.41) is 3.46. The molecule has 0 atom stereocenters. The van der Waals surface area contributed by atoms with Crippen LogP contribution in [0.2, 0.25) is 0 Å². The highest BCUT2D eigenvalue weighted by Crippen LogP contribution is 2.22. The lowest BCUT2D eigenvalue weighted by molar-refractivity contribution is 0.325. The number of hydrogen-bond acceptors (Lipinski definition) is 4. The number of aromatic nitrogens is 2. The van der Waals surface area contributed by atoms with Gasteiger partial charge in [-0.15, -0.1) is 0 Å². The smallest absolute Gasteiger partial charge is 0.218 e. The Morgan fingerprint density at radius 1 is 1.24 bits per heavy atom. The van der Waals surface area contributed by atoms with Crippen molar-refractivity contribution in [3.63, 3.8) is 0 Å². The van der Waals surface area contributed by atoms with Crippen molar-refractivity contribution in [2.24, 2.45) is 0 Å². The quantitative estimate of drug-likeness (QED) is 0.825. The summed E-state index contributed by atoms with van der Waals surface area (Å²) < 4.78 is 5.42. The molecule has 0 bridgehead atoms. The van der Waals surface area contributed by atoms with E-state index in [1.165, 1.54) is 0 Å². The molecule has 1 heterocycles. The standard InChI is InChI=1S/C13H23N3O/c1-6-13(5,7-2)16-11-9-12(17-8-3)15-10(4)14-11/h9H,6-8H2,1-5H3,(H,14,15,16). The van der Waals surface area contributed by atoms with Gasteiger partial charge in [-0.05, 0) is 33.6 Å². The maximum absolute atomic E-state index is 5.42. The molecule has 0 fully saturated rings. The first-order valence-electron chi connectivity index (χ1n) is 6.29. The molecule has 0 amide bonds. The zero-order valence-electron chi connectivity index (χ0n) is 11.5. The molecule has 0 aliphatic heterocycles. The van der Waals surface area contributed by atoms with Gasteiger partial charge in [-0.2, -0.15) is 4.98 Å². The lowest BCUT2D eigenvalue weighted by Crippen LogP contribution is -2.33. The van der Waals surface area contributed by atoms with Crippen molar-refractivity contribution in [2.75, 3.05) is 11.9 Å². The molecule has 1 aromatic heterocycles. The van der Waals surface area contributed by atoms with Crippen LogP contribution in [0, 0.1) is 6.92 Å². The van der Waals surface area contributed by atoms with Crippen molar-refractivity contribution in [1.82, 2.24) is 9.97 Å². The van der Waals surface area contributed by atoms with Crippen LogP contribution in [0.5, 0.6) is 5.88 Å². The summed E-state index contributed by atoms with van der Waals surface area (Å²) in [7, 11) is 0. The van der Waals surface area contributed by atoms with Crippen LogP contribution in [0.1, 0.15) is 46.4 Å². The molecule has 4 heteroatoms. The molecule has 0 spiro atoms. The van der Waals surface area contributed by atoms with Crippen LogP contribution in [0.25, 0.3) is 0 Å². The van der Waals surface area contributed by atoms with Gasteiger partial charge in [0.1, 0.15) is 11.6 Å². The van der Waals surface area contributed by atoms with E-state index in [1.54, 1.807) is 0 Å². The van der Waals surface area contributed by atoms with Gasteiger partial charge in [-0.3, -0.25) is 0 Å². The third kappa shape index (κ3) is 3.88. The normalized spacial score (nSPS) is 11.4. The number of ether oxygens (including phenoxy) is 1. The van der Waals surface area contributed by atoms with Gasteiger partial charge >= 0.3 is 0 Å². The number of nitrogens with zero attached hydrogens (tertiary/aromatic N) is 2. The Morgan fingerprint density at radius 3 is 2.41 bits per heavy atom. The maximum atomic E-state index is 5.42. The zero-order chi connectivity index (χ0) is 12.9. The summed E-state index contributed by atoms with van der Waals surface area (Å²) in [6, 6.07) is 1.86. The van der Waals surface area contributed by atoms with Crippen molar-refractivity contribution in [3.05, 3.63) is 11.9 Å². The van der Waals surface area contributed by atoms with Crippen LogP contribution in [-0.2, 0) is 0 Å². The second-order valence-corrected chi connectivity index (χ2v) is 4.46. The number of nitrogens with one attached hydrogen (secondary N) is 1. The highest BCUT2D eigenvalue weighted by molar-refractivity contribution is 5.40. The maximum Gasteiger partial charge on any atom is 0.218 e. The Bertz CT molecular complexity index is 362. The second-order valence-electron chi connectivity index (χ2n) is 4.46. The molecule has 17 heavy (non-hydrogen) atoms. The Morgan fingerprint density at radius 2 is 1.88 bits per heavy atom. The average Bonchev–Trinajstić information content (AvgIpc) is 2.28. The third-order valence-electron chi connectivity index (χ3n) is 3.10. The van der Waals surface area contributed by atoms with Crippen LogP contribution in [0.15, 0.2) is 6.07 Å². The highest BCUT2D eigenvalue weighted by Gasteiger charge is 2.20. The van der Waals surface area contributed by atoms with Gasteiger partial charge in [0.15, 0.2) is 0 Å². The van der Waals surface area contributed by atoms with Gasteiger partial charge in [0.05, 0.1) is 6.61 Å². The number of rotatable bonds is 6. The van der Waals surface area contributed by atoms with E-state index in [-0.39, 0.29) is 5.54 Å². The minimum Gasteiger partial charge on any atom is -0.478 e. The van der Waals surface area contributed by atoms with Gasteiger partial charge in [0.25, 0.3) is 0 Å². The summed E-state index contributed by atoms with van der Waals surface area (Å²) in [6.45, 7) is 11.0. The van der Waals surface area contributed by atoms with Gasteiger partial charge < -0.3 is 10.1 Å². The molecule has 0 radical (unpaired) electrons. The Kier molecular flexibility index (Phi) is 4.73. The first-order valence-corrected chi connectivity index (χ1v) is 6.29. The first kappa shape index (κ1) is 13.7. The first-order chi connectivity index (χ1) is 8.03. The van der Waals surface area contributed by atoms with Crippen LogP contribution in [0.3, 0.4) is 0 Å². The van der Waals surface area contributed by atoms with Crippen LogP contribution in [0.4, 0.5) is 5.82 Å². The van der Waals surface area contributed by atoms with Crippen molar-refractivity contribution in [3.8, 4) is 5.88 Å². The van der Waals surface area contributed by atoms with Crippen molar-refractivity contribution in [2.45, 2.75) is 53.0 Å². The zero-order valence-corrected chi connectivity index (χ0v) is 11.5. The molecule has 0 aliphatic carbocycles. The van der Waals surface area contributed by atoms with E-state index < -0.39 is 0 Å². The van der Waals surface area contributed by atoms with Crippen molar-refractivity contribution >= 4 is 5.82 Å². The molecule has 1 aromatic rings. The molecule has 1 N–H and O–H groups in total. The Labute approximate surface area is 104 Å². The molecular formula is C13H23N3O. The summed E-state index contributed by atoms with van der Waals surface area (Å²) >= 11 is 0. The lowest BCUT2D eigenvalue weighted by atomic mass is 9.96. The fourth-order valence-corrected chi connectivity index (χ4v) is 1.56. The number of aryl methyl sites for hydroxylation is 1. The molecule has 1 rings (SSSR count). The summed E-state index contributed by atoms with van der Waals surface area (Å²) in [6.07, 6.45) is 2.10. The predicted octanol–water partition coefficient (Wildman–Crippen LogP) is 3.17. The van der Waals surface area contributed by atoms with Crippen molar-refractivity contribution < 1.29 is 4.74 Å². The van der Waals surface area contributed by atoms with Crippen LogP contribution >= 0.6 is 0 Å². The van der Waals surface area contributed by atoms with E-state index in [1.807, 2.05) is 19.9 Å². The summed E-state index contributed by atoms with van der Waals surface area (Å²) in [4.78, 5) is 8.63. The average molecular weight is 237 g/mol. The van der Waals surface area contributed by atoms with Gasteiger partial charge in [0, 0.05) is 11.6 Å². The number of anilines is 1. The van der Waals surface area contributed by atoms with E-state index in [9.17, 15) is 0 Å². The fourth-order valence-electron chi connectivity index (χ4n) is 1.56. The van der Waals surface area contributed by atoms with E-state index in [0.29, 0.717) is 12.5 Å². The van der Waals surface area contributed by atoms with E-state index >= 15 is 0 Å². The molecule has 0 saturated heterocycles. The highest BCUT2D eigenvalue weighted by atomic mass is 16.5. The third-order valence-corrected chi connectivity index (χ3v) is 3.10. The number of hydrogen-bond donors (Lipinski definition) is 1.